The number of hydrogen-bond donors (Lipinski definition) is 1. The number of nitrogens with zero attached hydrogens (tertiary/aromatic N) is 2. The minimum atomic E-state index is 0.884. The van der Waals surface area contributed by atoms with Crippen LogP contribution in [-0.4, -0.2) is 16.1 Å². The van der Waals surface area contributed by atoms with Crippen molar-refractivity contribution in [2.75, 3.05) is 11.9 Å². The highest BCUT2D eigenvalue weighted by Gasteiger charge is 2.17. The number of rotatable bonds is 3. The summed E-state index contributed by atoms with van der Waals surface area (Å²) in [6.07, 6.45) is 6.07. The summed E-state index contributed by atoms with van der Waals surface area (Å²) in [6, 6.07) is 0. The van der Waals surface area contributed by atoms with Gasteiger partial charge in [-0.05, 0) is 41.4 Å². The van der Waals surface area contributed by atoms with Crippen LogP contribution in [-0.2, 0) is 7.05 Å². The van der Waals surface area contributed by atoms with Crippen molar-refractivity contribution in [2.45, 2.75) is 19.3 Å². The quantitative estimate of drug-likeness (QED) is 0.866. The van der Waals surface area contributed by atoms with Crippen LogP contribution >= 0.6 is 22.6 Å². The van der Waals surface area contributed by atoms with Gasteiger partial charge in [-0.3, -0.25) is 0 Å². The van der Waals surface area contributed by atoms with Crippen molar-refractivity contribution in [2.24, 2.45) is 13.0 Å². The molecule has 4 heteroatoms. The molecule has 1 N–H and O–H groups in total. The summed E-state index contributed by atoms with van der Waals surface area (Å²) in [7, 11) is 2.04. The Morgan fingerprint density at radius 1 is 1.69 bits per heavy atom. The highest BCUT2D eigenvalue weighted by Crippen LogP contribution is 2.26. The second kappa shape index (κ2) is 3.86. The van der Waals surface area contributed by atoms with Crippen molar-refractivity contribution in [1.29, 1.82) is 0 Å². The van der Waals surface area contributed by atoms with E-state index in [2.05, 4.69) is 37.5 Å². The smallest absolute Gasteiger partial charge is 0.203 e. The van der Waals surface area contributed by atoms with Crippen molar-refractivity contribution >= 4 is 28.5 Å². The van der Waals surface area contributed by atoms with Crippen molar-refractivity contribution in [3.8, 4) is 0 Å². The Kier molecular flexibility index (Phi) is 2.76. The van der Waals surface area contributed by atoms with Crippen molar-refractivity contribution in [1.82, 2.24) is 9.55 Å². The van der Waals surface area contributed by atoms with E-state index in [1.165, 1.54) is 23.0 Å². The van der Waals surface area contributed by atoms with Crippen LogP contribution < -0.4 is 5.32 Å². The van der Waals surface area contributed by atoms with Crippen molar-refractivity contribution in [3.63, 3.8) is 0 Å². The first-order valence-corrected chi connectivity index (χ1v) is 5.76. The SMILES string of the molecule is Cn1c(I)cnc1NCC1CCC1. The molecule has 1 aliphatic rings. The van der Waals surface area contributed by atoms with Gasteiger partial charge in [0.15, 0.2) is 0 Å². The number of anilines is 1. The third-order valence-electron chi connectivity index (χ3n) is 2.71. The number of aromatic nitrogens is 2. The zero-order valence-corrected chi connectivity index (χ0v) is 9.91. The number of halogens is 1. The van der Waals surface area contributed by atoms with Gasteiger partial charge in [-0.2, -0.15) is 0 Å². The third-order valence-corrected chi connectivity index (χ3v) is 3.71. The van der Waals surface area contributed by atoms with Gasteiger partial charge < -0.3 is 9.88 Å². The van der Waals surface area contributed by atoms with E-state index in [1.807, 2.05) is 13.2 Å². The molecular weight excluding hydrogens is 277 g/mol. The normalized spacial score (nSPS) is 17.1. The number of imidazole rings is 1. The first-order chi connectivity index (χ1) is 6.27. The highest BCUT2D eigenvalue weighted by molar-refractivity contribution is 14.1. The lowest BCUT2D eigenvalue weighted by Gasteiger charge is -2.25. The van der Waals surface area contributed by atoms with Crippen molar-refractivity contribution < 1.29 is 0 Å². The van der Waals surface area contributed by atoms with E-state index >= 15 is 0 Å². The molecule has 0 aliphatic heterocycles. The number of nitrogens with one attached hydrogen (secondary N) is 1. The van der Waals surface area contributed by atoms with Crippen LogP contribution in [0.5, 0.6) is 0 Å². The lowest BCUT2D eigenvalue weighted by molar-refractivity contribution is 0.332. The lowest BCUT2D eigenvalue weighted by atomic mass is 9.85. The van der Waals surface area contributed by atoms with E-state index in [0.717, 1.165) is 18.4 Å². The van der Waals surface area contributed by atoms with Gasteiger partial charge in [0.2, 0.25) is 5.95 Å². The minimum absolute atomic E-state index is 0.884. The van der Waals surface area contributed by atoms with Gasteiger partial charge >= 0.3 is 0 Å². The van der Waals surface area contributed by atoms with Crippen LogP contribution in [0.1, 0.15) is 19.3 Å². The summed E-state index contributed by atoms with van der Waals surface area (Å²) in [5.41, 5.74) is 0. The van der Waals surface area contributed by atoms with Crippen LogP contribution in [0.4, 0.5) is 5.95 Å². The minimum Gasteiger partial charge on any atom is -0.355 e. The Morgan fingerprint density at radius 3 is 2.92 bits per heavy atom. The average Bonchev–Trinajstić information content (AvgIpc) is 2.33. The lowest BCUT2D eigenvalue weighted by Crippen LogP contribution is -2.22. The summed E-state index contributed by atoms with van der Waals surface area (Å²) >= 11 is 2.29. The molecule has 3 nitrogen and oxygen atoms in total. The predicted molar refractivity (Wildman–Crippen MR) is 61.8 cm³/mol. The maximum atomic E-state index is 4.29. The Balaban J connectivity index is 1.89. The fourth-order valence-corrected chi connectivity index (χ4v) is 1.85. The van der Waals surface area contributed by atoms with Gasteiger partial charge in [0, 0.05) is 13.6 Å². The van der Waals surface area contributed by atoms with E-state index in [9.17, 15) is 0 Å². The van der Waals surface area contributed by atoms with Gasteiger partial charge in [-0.25, -0.2) is 4.98 Å². The summed E-state index contributed by atoms with van der Waals surface area (Å²) in [4.78, 5) is 4.29. The largest absolute Gasteiger partial charge is 0.355 e. The summed E-state index contributed by atoms with van der Waals surface area (Å²) in [5.74, 6) is 1.88. The van der Waals surface area contributed by atoms with Crippen LogP contribution in [0.2, 0.25) is 0 Å². The van der Waals surface area contributed by atoms with E-state index in [4.69, 9.17) is 0 Å². The molecule has 0 spiro atoms. The molecule has 0 unspecified atom stereocenters. The second-order valence-electron chi connectivity index (χ2n) is 3.64. The fraction of sp³-hybridized carbons (Fsp3) is 0.667. The van der Waals surface area contributed by atoms with Crippen LogP contribution in [0.25, 0.3) is 0 Å². The Bertz CT molecular complexity index is 291. The molecule has 1 heterocycles. The Morgan fingerprint density at radius 2 is 2.46 bits per heavy atom. The van der Waals surface area contributed by atoms with Gasteiger partial charge in [0.1, 0.15) is 3.70 Å². The molecule has 1 aliphatic carbocycles. The third kappa shape index (κ3) is 1.98. The molecule has 2 rings (SSSR count). The average molecular weight is 291 g/mol. The van der Waals surface area contributed by atoms with Gasteiger partial charge in [-0.15, -0.1) is 0 Å². The topological polar surface area (TPSA) is 29.9 Å². The van der Waals surface area contributed by atoms with Gasteiger partial charge in [-0.1, -0.05) is 6.42 Å². The van der Waals surface area contributed by atoms with Gasteiger partial charge in [0.25, 0.3) is 0 Å². The molecule has 1 fully saturated rings. The molecule has 1 saturated carbocycles. The van der Waals surface area contributed by atoms with E-state index < -0.39 is 0 Å². The molecule has 0 bridgehead atoms. The first kappa shape index (κ1) is 9.30. The molecule has 1 aromatic heterocycles. The molecule has 0 saturated heterocycles. The molecule has 13 heavy (non-hydrogen) atoms. The first-order valence-electron chi connectivity index (χ1n) is 4.68. The van der Waals surface area contributed by atoms with Crippen LogP contribution in [0, 0.1) is 9.62 Å². The molecule has 1 aromatic rings. The molecule has 72 valence electrons. The van der Waals surface area contributed by atoms with Crippen LogP contribution in [0.15, 0.2) is 6.20 Å². The molecule has 0 aromatic carbocycles. The summed E-state index contributed by atoms with van der Waals surface area (Å²) in [6.45, 7) is 1.08. The Hall–Kier alpha value is -0.260. The molecule has 0 atom stereocenters. The summed E-state index contributed by atoms with van der Waals surface area (Å²) < 4.78 is 3.26. The monoisotopic (exact) mass is 291 g/mol. The van der Waals surface area contributed by atoms with Crippen LogP contribution in [0.3, 0.4) is 0 Å². The predicted octanol–water partition coefficient (Wildman–Crippen LogP) is 2.24. The fourth-order valence-electron chi connectivity index (χ4n) is 1.49. The number of hydrogen-bond acceptors (Lipinski definition) is 2. The maximum absolute atomic E-state index is 4.29. The maximum Gasteiger partial charge on any atom is 0.203 e. The van der Waals surface area contributed by atoms with Crippen molar-refractivity contribution in [3.05, 3.63) is 9.90 Å². The zero-order valence-electron chi connectivity index (χ0n) is 7.76. The van der Waals surface area contributed by atoms with E-state index in [-0.39, 0.29) is 0 Å². The molecule has 0 radical (unpaired) electrons. The second-order valence-corrected chi connectivity index (χ2v) is 4.75. The van der Waals surface area contributed by atoms with E-state index in [1.54, 1.807) is 0 Å². The molecule has 0 amide bonds. The van der Waals surface area contributed by atoms with E-state index in [0.29, 0.717) is 0 Å². The standard InChI is InChI=1S/C9H14IN3/c1-13-8(10)6-12-9(13)11-5-7-3-2-4-7/h6-7H,2-5H2,1H3,(H,11,12). The zero-order chi connectivity index (χ0) is 9.26. The van der Waals surface area contributed by atoms with Gasteiger partial charge in [0.05, 0.1) is 6.20 Å². The highest BCUT2D eigenvalue weighted by atomic mass is 127. The Labute approximate surface area is 92.1 Å². The summed E-state index contributed by atoms with van der Waals surface area (Å²) in [5, 5.41) is 3.38. The molecular formula is C9H14IN3.